The molecule has 0 N–H and O–H groups in total. The lowest BCUT2D eigenvalue weighted by atomic mass is 9.73. The van der Waals surface area contributed by atoms with Gasteiger partial charge in [0.25, 0.3) is 0 Å². The summed E-state index contributed by atoms with van der Waals surface area (Å²) in [6.45, 7) is 2.18. The Bertz CT molecular complexity index is 904. The summed E-state index contributed by atoms with van der Waals surface area (Å²) >= 11 is 0. The number of allylic oxidation sites excluding steroid dienone is 4. The summed E-state index contributed by atoms with van der Waals surface area (Å²) in [6, 6.07) is 21.3. The van der Waals surface area contributed by atoms with Gasteiger partial charge in [-0.1, -0.05) is 72.8 Å². The molecule has 2 heteroatoms. The van der Waals surface area contributed by atoms with E-state index >= 15 is 0 Å². The zero-order valence-electron chi connectivity index (χ0n) is 14.5. The van der Waals surface area contributed by atoms with Gasteiger partial charge in [0.1, 0.15) is 5.54 Å². The third-order valence-corrected chi connectivity index (χ3v) is 4.99. The number of hydrogen-bond acceptors (Lipinski definition) is 1. The molecule has 0 saturated heterocycles. The van der Waals surface area contributed by atoms with E-state index in [0.29, 0.717) is 0 Å². The number of nitrogens with zero attached hydrogens (tertiary/aromatic N) is 2. The summed E-state index contributed by atoms with van der Waals surface area (Å²) in [5.41, 5.74) is 4.59. The quantitative estimate of drug-likeness (QED) is 0.639. The molecule has 3 aromatic rings. The second-order valence-corrected chi connectivity index (χ2v) is 6.48. The molecular weight excluding hydrogens is 304 g/mol. The monoisotopic (exact) mass is 326 g/mol. The largest absolute Gasteiger partial charge is 0.253 e. The van der Waals surface area contributed by atoms with E-state index in [9.17, 15) is 0 Å². The van der Waals surface area contributed by atoms with Crippen LogP contribution in [-0.4, -0.2) is 9.78 Å². The number of rotatable bonds is 4. The topological polar surface area (TPSA) is 17.8 Å². The van der Waals surface area contributed by atoms with Gasteiger partial charge in [-0.25, -0.2) is 0 Å². The third-order valence-electron chi connectivity index (χ3n) is 4.99. The molecule has 1 atom stereocenters. The van der Waals surface area contributed by atoms with Crippen molar-refractivity contribution in [2.45, 2.75) is 25.3 Å². The molecule has 0 radical (unpaired) electrons. The van der Waals surface area contributed by atoms with Gasteiger partial charge in [-0.05, 0) is 48.1 Å². The van der Waals surface area contributed by atoms with E-state index in [0.717, 1.165) is 12.8 Å². The molecule has 25 heavy (non-hydrogen) atoms. The number of aromatic nitrogens is 2. The maximum Gasteiger partial charge on any atom is 0.137 e. The molecule has 1 aromatic heterocycles. The van der Waals surface area contributed by atoms with Gasteiger partial charge in [-0.15, -0.1) is 0 Å². The van der Waals surface area contributed by atoms with Crippen LogP contribution in [-0.2, 0) is 5.54 Å². The Hall–Kier alpha value is -2.87. The summed E-state index contributed by atoms with van der Waals surface area (Å²) in [7, 11) is 0. The van der Waals surface area contributed by atoms with E-state index < -0.39 is 5.54 Å². The van der Waals surface area contributed by atoms with Crippen molar-refractivity contribution >= 4 is 0 Å². The Morgan fingerprint density at radius 1 is 0.920 bits per heavy atom. The molecule has 0 spiro atoms. The maximum absolute atomic E-state index is 4.70. The van der Waals surface area contributed by atoms with E-state index in [1.165, 1.54) is 22.3 Å². The fraction of sp³-hybridized carbons (Fsp3) is 0.174. The van der Waals surface area contributed by atoms with Crippen LogP contribution in [0.1, 0.15) is 29.5 Å². The highest BCUT2D eigenvalue weighted by Crippen LogP contribution is 2.43. The van der Waals surface area contributed by atoms with Crippen molar-refractivity contribution in [1.29, 1.82) is 0 Å². The normalized spacial score (nSPS) is 16.3. The lowest BCUT2D eigenvalue weighted by molar-refractivity contribution is 0.454. The van der Waals surface area contributed by atoms with Crippen LogP contribution < -0.4 is 0 Å². The summed E-state index contributed by atoms with van der Waals surface area (Å²) < 4.78 is 2.10. The summed E-state index contributed by atoms with van der Waals surface area (Å²) in [5.74, 6) is 0. The minimum Gasteiger partial charge on any atom is -0.253 e. The molecule has 4 rings (SSSR count). The summed E-state index contributed by atoms with van der Waals surface area (Å²) in [4.78, 5) is 0. The van der Waals surface area contributed by atoms with Crippen molar-refractivity contribution < 1.29 is 0 Å². The van der Waals surface area contributed by atoms with Crippen molar-refractivity contribution in [1.82, 2.24) is 9.78 Å². The molecule has 1 heterocycles. The molecule has 2 aromatic carbocycles. The molecule has 0 aliphatic heterocycles. The van der Waals surface area contributed by atoms with Gasteiger partial charge in [-0.2, -0.15) is 5.10 Å². The fourth-order valence-corrected chi connectivity index (χ4v) is 3.87. The SMILES string of the molecule is Cc1ccccc1C(C1=CCCC=C1)(c1ccccc1)n1cccn1. The first kappa shape index (κ1) is 15.6. The second-order valence-electron chi connectivity index (χ2n) is 6.48. The van der Waals surface area contributed by atoms with Crippen molar-refractivity contribution in [3.05, 3.63) is 114 Å². The smallest absolute Gasteiger partial charge is 0.137 e. The van der Waals surface area contributed by atoms with Crippen LogP contribution in [0.3, 0.4) is 0 Å². The Morgan fingerprint density at radius 2 is 1.72 bits per heavy atom. The van der Waals surface area contributed by atoms with Crippen molar-refractivity contribution in [2.75, 3.05) is 0 Å². The molecular formula is C23H22N2. The van der Waals surface area contributed by atoms with Gasteiger partial charge in [0.15, 0.2) is 0 Å². The van der Waals surface area contributed by atoms with E-state index in [2.05, 4.69) is 90.6 Å². The van der Waals surface area contributed by atoms with Gasteiger partial charge in [-0.3, -0.25) is 4.68 Å². The Kier molecular flexibility index (Phi) is 4.10. The second kappa shape index (κ2) is 6.56. The van der Waals surface area contributed by atoms with Gasteiger partial charge >= 0.3 is 0 Å². The van der Waals surface area contributed by atoms with Crippen LogP contribution in [0.4, 0.5) is 0 Å². The van der Waals surface area contributed by atoms with E-state index in [-0.39, 0.29) is 0 Å². The molecule has 0 bridgehead atoms. The van der Waals surface area contributed by atoms with Gasteiger partial charge < -0.3 is 0 Å². The highest BCUT2D eigenvalue weighted by atomic mass is 15.3. The van der Waals surface area contributed by atoms with Gasteiger partial charge in [0, 0.05) is 12.4 Å². The van der Waals surface area contributed by atoms with Crippen LogP contribution in [0, 0.1) is 6.92 Å². The summed E-state index contributed by atoms with van der Waals surface area (Å²) in [6.07, 6.45) is 13.0. The lowest BCUT2D eigenvalue weighted by Gasteiger charge is -2.38. The van der Waals surface area contributed by atoms with Crippen molar-refractivity contribution in [3.63, 3.8) is 0 Å². The highest BCUT2D eigenvalue weighted by Gasteiger charge is 2.40. The first-order chi connectivity index (χ1) is 12.3. The van der Waals surface area contributed by atoms with Crippen molar-refractivity contribution in [2.24, 2.45) is 0 Å². The van der Waals surface area contributed by atoms with Gasteiger partial charge in [0.05, 0.1) is 0 Å². The predicted octanol–water partition coefficient (Wildman–Crippen LogP) is 5.26. The first-order valence-corrected chi connectivity index (χ1v) is 8.82. The summed E-state index contributed by atoms with van der Waals surface area (Å²) in [5, 5.41) is 4.70. The van der Waals surface area contributed by atoms with Crippen LogP contribution in [0.25, 0.3) is 0 Å². The molecule has 0 fully saturated rings. The number of benzene rings is 2. The molecule has 1 aliphatic carbocycles. The standard InChI is InChI=1S/C23H22N2/c1-19-11-8-9-16-22(19)23(25-18-10-17-24-25,20-12-4-2-5-13-20)21-14-6-3-7-15-21/h2,4-6,8-18H,3,7H2,1H3. The highest BCUT2D eigenvalue weighted by molar-refractivity contribution is 5.55. The molecule has 124 valence electrons. The van der Waals surface area contributed by atoms with Crippen LogP contribution >= 0.6 is 0 Å². The average molecular weight is 326 g/mol. The zero-order chi connectivity index (χ0) is 17.1. The first-order valence-electron chi connectivity index (χ1n) is 8.82. The number of hydrogen-bond donors (Lipinski definition) is 0. The zero-order valence-corrected chi connectivity index (χ0v) is 14.5. The Balaban J connectivity index is 2.11. The van der Waals surface area contributed by atoms with Crippen molar-refractivity contribution in [3.8, 4) is 0 Å². The van der Waals surface area contributed by atoms with E-state index in [4.69, 9.17) is 5.10 Å². The van der Waals surface area contributed by atoms with Crippen LogP contribution in [0.5, 0.6) is 0 Å². The fourth-order valence-electron chi connectivity index (χ4n) is 3.87. The minimum atomic E-state index is -0.451. The van der Waals surface area contributed by atoms with E-state index in [1.54, 1.807) is 0 Å². The molecule has 1 aliphatic rings. The molecule has 0 amide bonds. The molecule has 0 saturated carbocycles. The van der Waals surface area contributed by atoms with Gasteiger partial charge in [0.2, 0.25) is 0 Å². The number of aryl methyl sites for hydroxylation is 1. The molecule has 1 unspecified atom stereocenters. The third kappa shape index (κ3) is 2.54. The minimum absolute atomic E-state index is 0.451. The van der Waals surface area contributed by atoms with Crippen LogP contribution in [0.15, 0.2) is 96.9 Å². The Labute approximate surface area is 149 Å². The predicted molar refractivity (Wildman–Crippen MR) is 102 cm³/mol. The molecule has 2 nitrogen and oxygen atoms in total. The Morgan fingerprint density at radius 3 is 2.40 bits per heavy atom. The lowest BCUT2D eigenvalue weighted by Crippen LogP contribution is -2.39. The average Bonchev–Trinajstić information content (AvgIpc) is 3.21. The van der Waals surface area contributed by atoms with Crippen LogP contribution in [0.2, 0.25) is 0 Å². The van der Waals surface area contributed by atoms with E-state index in [1.807, 2.05) is 12.3 Å². The maximum atomic E-state index is 4.70.